The van der Waals surface area contributed by atoms with Gasteiger partial charge in [-0.2, -0.15) is 0 Å². The fourth-order valence-electron chi connectivity index (χ4n) is 2.06. The smallest absolute Gasteiger partial charge is 0.320 e. The summed E-state index contributed by atoms with van der Waals surface area (Å²) in [6.07, 6.45) is 0. The highest BCUT2D eigenvalue weighted by molar-refractivity contribution is 9.10. The largest absolute Gasteiger partial charge is 0.343 e. The summed E-state index contributed by atoms with van der Waals surface area (Å²) in [5.74, 6) is 0.100. The van der Waals surface area contributed by atoms with Gasteiger partial charge in [0.2, 0.25) is 0 Å². The molecule has 0 unspecified atom stereocenters. The maximum absolute atomic E-state index is 12.1. The van der Waals surface area contributed by atoms with E-state index in [-0.39, 0.29) is 23.7 Å². The SMILES string of the molecule is C[C@@H](NC(=O)Nc1cccc(C(=O)N(C)C)n1)c1cccc(Br)c1. The molecule has 0 aliphatic rings. The third-order valence-electron chi connectivity index (χ3n) is 3.31. The zero-order valence-electron chi connectivity index (χ0n) is 13.7. The number of pyridine rings is 1. The molecule has 0 saturated heterocycles. The number of hydrogen-bond acceptors (Lipinski definition) is 3. The van der Waals surface area contributed by atoms with Crippen LogP contribution >= 0.6 is 15.9 Å². The fourth-order valence-corrected chi connectivity index (χ4v) is 2.48. The predicted octanol–water partition coefficient (Wildman–Crippen LogP) is 3.43. The van der Waals surface area contributed by atoms with E-state index in [1.54, 1.807) is 32.3 Å². The summed E-state index contributed by atoms with van der Waals surface area (Å²) in [7, 11) is 3.30. The van der Waals surface area contributed by atoms with Gasteiger partial charge in [0.1, 0.15) is 11.5 Å². The van der Waals surface area contributed by atoms with Crippen LogP contribution in [0.25, 0.3) is 0 Å². The van der Waals surface area contributed by atoms with Crippen molar-refractivity contribution in [3.05, 3.63) is 58.2 Å². The average molecular weight is 391 g/mol. The van der Waals surface area contributed by atoms with Crippen LogP contribution in [-0.4, -0.2) is 35.9 Å². The number of aromatic nitrogens is 1. The van der Waals surface area contributed by atoms with E-state index in [0.29, 0.717) is 5.82 Å². The van der Waals surface area contributed by atoms with E-state index in [1.165, 1.54) is 4.90 Å². The Kier molecular flexibility index (Phi) is 5.92. The Morgan fingerprint density at radius 2 is 1.88 bits per heavy atom. The standard InChI is InChI=1S/C17H19BrN4O2/c1-11(12-6-4-7-13(18)10-12)19-17(24)21-15-9-5-8-14(20-15)16(23)22(2)3/h4-11H,1-3H3,(H2,19,20,21,24)/t11-/m1/s1. The predicted molar refractivity (Wildman–Crippen MR) is 97.0 cm³/mol. The van der Waals surface area contributed by atoms with Crippen molar-refractivity contribution in [1.82, 2.24) is 15.2 Å². The number of benzene rings is 1. The number of nitrogens with zero attached hydrogens (tertiary/aromatic N) is 2. The van der Waals surface area contributed by atoms with E-state index in [0.717, 1.165) is 10.0 Å². The number of halogens is 1. The maximum atomic E-state index is 12.1. The van der Waals surface area contributed by atoms with Crippen molar-refractivity contribution in [2.24, 2.45) is 0 Å². The summed E-state index contributed by atoms with van der Waals surface area (Å²) >= 11 is 3.41. The van der Waals surface area contributed by atoms with Crippen LogP contribution < -0.4 is 10.6 Å². The number of carbonyl (C=O) groups excluding carboxylic acids is 2. The molecule has 24 heavy (non-hydrogen) atoms. The number of rotatable bonds is 4. The lowest BCUT2D eigenvalue weighted by Crippen LogP contribution is -2.31. The molecule has 126 valence electrons. The molecule has 1 atom stereocenters. The first kappa shape index (κ1) is 17.9. The topological polar surface area (TPSA) is 74.3 Å². The molecule has 2 N–H and O–H groups in total. The van der Waals surface area contributed by atoms with Gasteiger partial charge in [0, 0.05) is 18.6 Å². The van der Waals surface area contributed by atoms with Gasteiger partial charge < -0.3 is 10.2 Å². The number of anilines is 1. The van der Waals surface area contributed by atoms with Gasteiger partial charge in [-0.25, -0.2) is 9.78 Å². The van der Waals surface area contributed by atoms with Gasteiger partial charge >= 0.3 is 6.03 Å². The summed E-state index contributed by atoms with van der Waals surface area (Å²) in [5, 5.41) is 5.48. The van der Waals surface area contributed by atoms with E-state index in [2.05, 4.69) is 31.5 Å². The second kappa shape index (κ2) is 7.92. The van der Waals surface area contributed by atoms with Crippen molar-refractivity contribution < 1.29 is 9.59 Å². The summed E-state index contributed by atoms with van der Waals surface area (Å²) in [5.41, 5.74) is 1.25. The van der Waals surface area contributed by atoms with Crippen molar-refractivity contribution in [2.75, 3.05) is 19.4 Å². The number of amides is 3. The van der Waals surface area contributed by atoms with Crippen LogP contribution in [0.5, 0.6) is 0 Å². The van der Waals surface area contributed by atoms with Crippen LogP contribution in [0, 0.1) is 0 Å². The number of urea groups is 1. The third-order valence-corrected chi connectivity index (χ3v) is 3.81. The first-order valence-corrected chi connectivity index (χ1v) is 8.18. The van der Waals surface area contributed by atoms with Crippen LogP contribution in [0.2, 0.25) is 0 Å². The second-order valence-electron chi connectivity index (χ2n) is 5.48. The van der Waals surface area contributed by atoms with Crippen LogP contribution in [0.4, 0.5) is 10.6 Å². The Labute approximate surface area is 149 Å². The Morgan fingerprint density at radius 3 is 2.54 bits per heavy atom. The molecule has 2 aromatic rings. The molecular weight excluding hydrogens is 372 g/mol. The van der Waals surface area contributed by atoms with Crippen molar-refractivity contribution >= 4 is 33.7 Å². The quantitative estimate of drug-likeness (QED) is 0.839. The molecule has 0 bridgehead atoms. The molecule has 1 aromatic carbocycles. The lowest BCUT2D eigenvalue weighted by Gasteiger charge is -2.15. The van der Waals surface area contributed by atoms with E-state index in [4.69, 9.17) is 0 Å². The van der Waals surface area contributed by atoms with Crippen LogP contribution in [0.3, 0.4) is 0 Å². The zero-order valence-corrected chi connectivity index (χ0v) is 15.3. The summed E-state index contributed by atoms with van der Waals surface area (Å²) in [6, 6.07) is 12.1. The zero-order chi connectivity index (χ0) is 17.7. The van der Waals surface area contributed by atoms with E-state index in [9.17, 15) is 9.59 Å². The fraction of sp³-hybridized carbons (Fsp3) is 0.235. The van der Waals surface area contributed by atoms with Crippen LogP contribution in [0.15, 0.2) is 46.9 Å². The third kappa shape index (κ3) is 4.79. The summed E-state index contributed by atoms with van der Waals surface area (Å²) in [4.78, 5) is 29.6. The highest BCUT2D eigenvalue weighted by Crippen LogP contribution is 2.18. The van der Waals surface area contributed by atoms with Gasteiger partial charge in [-0.15, -0.1) is 0 Å². The minimum atomic E-state index is -0.385. The van der Waals surface area contributed by atoms with Gasteiger partial charge in [-0.3, -0.25) is 10.1 Å². The minimum absolute atomic E-state index is 0.172. The lowest BCUT2D eigenvalue weighted by atomic mass is 10.1. The van der Waals surface area contributed by atoms with Crippen molar-refractivity contribution in [3.63, 3.8) is 0 Å². The molecule has 1 heterocycles. The Hall–Kier alpha value is -2.41. The van der Waals surface area contributed by atoms with E-state index < -0.39 is 0 Å². The van der Waals surface area contributed by atoms with Crippen molar-refractivity contribution in [2.45, 2.75) is 13.0 Å². The molecule has 0 radical (unpaired) electrons. The highest BCUT2D eigenvalue weighted by Gasteiger charge is 2.13. The van der Waals surface area contributed by atoms with Gasteiger partial charge in [0.25, 0.3) is 5.91 Å². The normalized spacial score (nSPS) is 11.5. The van der Waals surface area contributed by atoms with Crippen LogP contribution in [-0.2, 0) is 0 Å². The summed E-state index contributed by atoms with van der Waals surface area (Å²) < 4.78 is 0.950. The molecule has 0 aliphatic carbocycles. The van der Waals surface area contributed by atoms with E-state index >= 15 is 0 Å². The van der Waals surface area contributed by atoms with Gasteiger partial charge in [-0.05, 0) is 36.8 Å². The first-order valence-electron chi connectivity index (χ1n) is 7.38. The molecule has 6 nitrogen and oxygen atoms in total. The van der Waals surface area contributed by atoms with Crippen LogP contribution in [0.1, 0.15) is 29.0 Å². The Balaban J connectivity index is 2.02. The Morgan fingerprint density at radius 1 is 1.17 bits per heavy atom. The molecule has 1 aromatic heterocycles. The molecule has 7 heteroatoms. The molecule has 0 fully saturated rings. The molecular formula is C17H19BrN4O2. The summed E-state index contributed by atoms with van der Waals surface area (Å²) in [6.45, 7) is 1.89. The molecule has 2 rings (SSSR count). The minimum Gasteiger partial charge on any atom is -0.343 e. The van der Waals surface area contributed by atoms with Crippen molar-refractivity contribution in [3.8, 4) is 0 Å². The Bertz CT molecular complexity index is 749. The van der Waals surface area contributed by atoms with Gasteiger partial charge in [-0.1, -0.05) is 34.1 Å². The van der Waals surface area contributed by atoms with E-state index in [1.807, 2.05) is 31.2 Å². The number of nitrogens with one attached hydrogen (secondary N) is 2. The average Bonchev–Trinajstić information content (AvgIpc) is 2.54. The number of carbonyl (C=O) groups is 2. The number of hydrogen-bond donors (Lipinski definition) is 2. The highest BCUT2D eigenvalue weighted by atomic mass is 79.9. The maximum Gasteiger partial charge on any atom is 0.320 e. The monoisotopic (exact) mass is 390 g/mol. The molecule has 0 spiro atoms. The first-order chi connectivity index (χ1) is 11.4. The molecule has 0 aliphatic heterocycles. The second-order valence-corrected chi connectivity index (χ2v) is 6.40. The van der Waals surface area contributed by atoms with Crippen molar-refractivity contribution in [1.29, 1.82) is 0 Å². The molecule has 0 saturated carbocycles. The molecule has 3 amide bonds. The van der Waals surface area contributed by atoms with Gasteiger partial charge in [0.15, 0.2) is 0 Å². The lowest BCUT2D eigenvalue weighted by molar-refractivity contribution is 0.0822. The van der Waals surface area contributed by atoms with Gasteiger partial charge in [0.05, 0.1) is 6.04 Å².